The third kappa shape index (κ3) is 4.41. The molecule has 0 aliphatic carbocycles. The van der Waals surface area contributed by atoms with Gasteiger partial charge in [-0.2, -0.15) is 0 Å². The summed E-state index contributed by atoms with van der Waals surface area (Å²) in [5.74, 6) is 0.254. The molecule has 10 nitrogen and oxygen atoms in total. The summed E-state index contributed by atoms with van der Waals surface area (Å²) < 4.78 is 5.10. The summed E-state index contributed by atoms with van der Waals surface area (Å²) in [6.45, 7) is 3.46. The number of β-amino-alcohol motifs (C(OH)–C–C–N with tert-alkyl or cyclic N) is 1. The number of nitrogens with one attached hydrogen (secondary N) is 3. The van der Waals surface area contributed by atoms with Gasteiger partial charge in [-0.25, -0.2) is 15.0 Å². The minimum atomic E-state index is -0.666. The topological polar surface area (TPSA) is 128 Å². The first-order chi connectivity index (χ1) is 13.2. The number of rotatable bonds is 7. The maximum atomic E-state index is 12.3. The lowest BCUT2D eigenvalue weighted by Gasteiger charge is -2.28. The Morgan fingerprint density at radius 3 is 3.11 bits per heavy atom. The lowest BCUT2D eigenvalue weighted by Crippen LogP contribution is -2.42. The van der Waals surface area contributed by atoms with Gasteiger partial charge in [0.05, 0.1) is 37.4 Å². The molecule has 1 amide bonds. The van der Waals surface area contributed by atoms with Crippen molar-refractivity contribution < 1.29 is 14.6 Å². The summed E-state index contributed by atoms with van der Waals surface area (Å²) in [6, 6.07) is 1.82. The highest BCUT2D eigenvalue weighted by Gasteiger charge is 2.21. The fourth-order valence-electron chi connectivity index (χ4n) is 3.17. The van der Waals surface area contributed by atoms with Gasteiger partial charge in [-0.1, -0.05) is 0 Å². The summed E-state index contributed by atoms with van der Waals surface area (Å²) in [4.78, 5) is 30.0. The van der Waals surface area contributed by atoms with Crippen molar-refractivity contribution in [1.29, 1.82) is 0 Å². The van der Waals surface area contributed by atoms with Gasteiger partial charge < -0.3 is 25.5 Å². The number of fused-ring (bicyclic) bond motifs is 1. The number of aromatic amines is 1. The second-order valence-corrected chi connectivity index (χ2v) is 6.84. The number of carbonyl (C=O) groups excluding carboxylic acids is 1. The van der Waals surface area contributed by atoms with E-state index in [-0.39, 0.29) is 24.2 Å². The van der Waals surface area contributed by atoms with Gasteiger partial charge in [0, 0.05) is 44.4 Å². The van der Waals surface area contributed by atoms with Crippen LogP contribution in [0.4, 0.5) is 5.82 Å². The van der Waals surface area contributed by atoms with Crippen molar-refractivity contribution in [3.63, 3.8) is 0 Å². The molecule has 0 radical (unpaired) electrons. The van der Waals surface area contributed by atoms with Gasteiger partial charge in [0.2, 0.25) is 0 Å². The summed E-state index contributed by atoms with van der Waals surface area (Å²) in [5.41, 5.74) is 2.45. The maximum absolute atomic E-state index is 12.3. The molecule has 0 aromatic carbocycles. The lowest BCUT2D eigenvalue weighted by molar-refractivity contribution is 0.0209. The Labute approximate surface area is 156 Å². The standard InChI is InChI=1S/C17H23N7O3/c25-12(5-24-2-1-13-15(6-24)21-9-19-13)4-18-17(26)14-3-16(22-10-20-14)23-11-7-27-8-11/h3,9-12,25H,1-2,4-8H2,(H,18,26)(H,19,21)(H,20,22,23). The van der Waals surface area contributed by atoms with Gasteiger partial charge in [-0.15, -0.1) is 0 Å². The number of hydrogen-bond donors (Lipinski definition) is 4. The first-order valence-corrected chi connectivity index (χ1v) is 9.03. The maximum Gasteiger partial charge on any atom is 0.270 e. The van der Waals surface area contributed by atoms with Crippen LogP contribution in [0.3, 0.4) is 0 Å². The Morgan fingerprint density at radius 1 is 1.41 bits per heavy atom. The molecule has 10 heteroatoms. The Balaban J connectivity index is 1.24. The van der Waals surface area contributed by atoms with Crippen molar-refractivity contribution in [3.05, 3.63) is 35.8 Å². The Bertz CT molecular complexity index is 792. The van der Waals surface area contributed by atoms with E-state index < -0.39 is 6.10 Å². The second-order valence-electron chi connectivity index (χ2n) is 6.84. The van der Waals surface area contributed by atoms with E-state index in [0.29, 0.717) is 32.1 Å². The number of aromatic nitrogens is 4. The van der Waals surface area contributed by atoms with Gasteiger partial charge in [0.25, 0.3) is 5.91 Å². The van der Waals surface area contributed by atoms with E-state index >= 15 is 0 Å². The summed E-state index contributed by atoms with van der Waals surface area (Å²) in [6.07, 6.45) is 3.27. The number of carbonyl (C=O) groups is 1. The Kier molecular flexibility index (Phi) is 5.28. The molecule has 4 heterocycles. The average molecular weight is 373 g/mol. The first kappa shape index (κ1) is 17.8. The minimum Gasteiger partial charge on any atom is -0.390 e. The predicted molar refractivity (Wildman–Crippen MR) is 96.2 cm³/mol. The van der Waals surface area contributed by atoms with Gasteiger partial charge in [-0.05, 0) is 0 Å². The molecular formula is C17H23N7O3. The van der Waals surface area contributed by atoms with E-state index in [4.69, 9.17) is 4.74 Å². The van der Waals surface area contributed by atoms with E-state index in [0.717, 1.165) is 24.4 Å². The van der Waals surface area contributed by atoms with Crippen molar-refractivity contribution in [2.24, 2.45) is 0 Å². The molecule has 144 valence electrons. The third-order valence-electron chi connectivity index (χ3n) is 4.72. The fourth-order valence-corrected chi connectivity index (χ4v) is 3.17. The van der Waals surface area contributed by atoms with Crippen LogP contribution in [-0.2, 0) is 17.7 Å². The molecule has 0 saturated carbocycles. The number of aliphatic hydroxyl groups excluding tert-OH is 1. The van der Waals surface area contributed by atoms with E-state index in [1.54, 1.807) is 12.4 Å². The number of nitrogens with zero attached hydrogens (tertiary/aromatic N) is 4. The first-order valence-electron chi connectivity index (χ1n) is 9.03. The Hall–Kier alpha value is -2.56. The van der Waals surface area contributed by atoms with Crippen molar-refractivity contribution in [2.75, 3.05) is 38.2 Å². The molecule has 2 aromatic heterocycles. The van der Waals surface area contributed by atoms with E-state index in [2.05, 4.69) is 35.5 Å². The van der Waals surface area contributed by atoms with Crippen LogP contribution in [0.2, 0.25) is 0 Å². The zero-order valence-corrected chi connectivity index (χ0v) is 14.9. The van der Waals surface area contributed by atoms with Crippen molar-refractivity contribution in [3.8, 4) is 0 Å². The number of imidazole rings is 1. The molecule has 4 N–H and O–H groups in total. The van der Waals surface area contributed by atoms with E-state index in [9.17, 15) is 9.90 Å². The minimum absolute atomic E-state index is 0.159. The Morgan fingerprint density at radius 2 is 2.30 bits per heavy atom. The highest BCUT2D eigenvalue weighted by atomic mass is 16.5. The monoisotopic (exact) mass is 373 g/mol. The zero-order valence-electron chi connectivity index (χ0n) is 14.9. The molecule has 1 fully saturated rings. The summed E-state index contributed by atoms with van der Waals surface area (Å²) >= 11 is 0. The molecule has 0 spiro atoms. The summed E-state index contributed by atoms with van der Waals surface area (Å²) in [7, 11) is 0. The quantitative estimate of drug-likeness (QED) is 0.495. The van der Waals surface area contributed by atoms with E-state index in [1.165, 1.54) is 6.33 Å². The van der Waals surface area contributed by atoms with Crippen LogP contribution < -0.4 is 10.6 Å². The van der Waals surface area contributed by atoms with Crippen LogP contribution in [0.15, 0.2) is 18.7 Å². The molecule has 2 aromatic rings. The van der Waals surface area contributed by atoms with Crippen LogP contribution in [0, 0.1) is 0 Å². The number of aliphatic hydroxyl groups is 1. The second kappa shape index (κ2) is 7.99. The molecular weight excluding hydrogens is 350 g/mol. The largest absolute Gasteiger partial charge is 0.390 e. The van der Waals surface area contributed by atoms with Gasteiger partial charge in [0.15, 0.2) is 0 Å². The highest BCUT2D eigenvalue weighted by Crippen LogP contribution is 2.15. The van der Waals surface area contributed by atoms with Gasteiger partial charge >= 0.3 is 0 Å². The number of ether oxygens (including phenoxy) is 1. The van der Waals surface area contributed by atoms with Crippen LogP contribution >= 0.6 is 0 Å². The number of H-pyrrole nitrogens is 1. The average Bonchev–Trinajstić information content (AvgIpc) is 3.11. The van der Waals surface area contributed by atoms with Crippen LogP contribution in [0.5, 0.6) is 0 Å². The van der Waals surface area contributed by atoms with Gasteiger partial charge in [0.1, 0.15) is 17.8 Å². The molecule has 2 aliphatic heterocycles. The molecule has 1 unspecified atom stereocenters. The van der Waals surface area contributed by atoms with Crippen molar-refractivity contribution in [1.82, 2.24) is 30.2 Å². The molecule has 4 rings (SSSR count). The lowest BCUT2D eigenvalue weighted by atomic mass is 10.1. The smallest absolute Gasteiger partial charge is 0.270 e. The van der Waals surface area contributed by atoms with Crippen molar-refractivity contribution >= 4 is 11.7 Å². The van der Waals surface area contributed by atoms with Crippen molar-refractivity contribution in [2.45, 2.75) is 25.1 Å². The molecule has 27 heavy (non-hydrogen) atoms. The van der Waals surface area contributed by atoms with Crippen LogP contribution in [0.1, 0.15) is 21.9 Å². The number of hydrogen-bond acceptors (Lipinski definition) is 8. The molecule has 2 aliphatic rings. The zero-order chi connectivity index (χ0) is 18.6. The highest BCUT2D eigenvalue weighted by molar-refractivity contribution is 5.92. The van der Waals surface area contributed by atoms with E-state index in [1.807, 2.05) is 0 Å². The normalized spacial score (nSPS) is 18.4. The SMILES string of the molecule is O=C(NCC(O)CN1CCc2[nH]cnc2C1)c1cc(NC2COC2)ncn1. The molecule has 1 saturated heterocycles. The van der Waals surface area contributed by atoms with Crippen LogP contribution in [-0.4, -0.2) is 80.8 Å². The molecule has 1 atom stereocenters. The number of anilines is 1. The van der Waals surface area contributed by atoms with Gasteiger partial charge in [-0.3, -0.25) is 9.69 Å². The predicted octanol–water partition coefficient (Wildman–Crippen LogP) is -0.841. The summed E-state index contributed by atoms with van der Waals surface area (Å²) in [5, 5.41) is 16.2. The van der Waals surface area contributed by atoms with Crippen LogP contribution in [0.25, 0.3) is 0 Å². The third-order valence-corrected chi connectivity index (χ3v) is 4.72. The molecule has 0 bridgehead atoms. The fraction of sp³-hybridized carbons (Fsp3) is 0.529. The number of amides is 1.